The number of benzene rings is 2. The predicted octanol–water partition coefficient (Wildman–Crippen LogP) is 5.58. The van der Waals surface area contributed by atoms with Gasteiger partial charge in [0, 0.05) is 5.39 Å². The summed E-state index contributed by atoms with van der Waals surface area (Å²) in [7, 11) is 4.63. The number of cyclic esters (lactones) is 1. The standard InChI is InChI=1S/C21H15Cl2NO5S/c1-26-13-6-4-10(9-15(13)28-3)8-12-21(25)29-20(24-12)19-16(22)11-5-7-14(27-2)17(23)18(11)30-19/h4-9H,1-3H3/b12-8-. The maximum Gasteiger partial charge on any atom is 0.363 e. The molecule has 0 unspecified atom stereocenters. The molecular weight excluding hydrogens is 449 g/mol. The fourth-order valence-corrected chi connectivity index (χ4v) is 4.80. The maximum absolute atomic E-state index is 12.4. The van der Waals surface area contributed by atoms with Crippen LogP contribution in [0.25, 0.3) is 16.2 Å². The van der Waals surface area contributed by atoms with Gasteiger partial charge in [0.05, 0.1) is 31.1 Å². The van der Waals surface area contributed by atoms with Crippen molar-refractivity contribution < 1.29 is 23.7 Å². The van der Waals surface area contributed by atoms with Crippen LogP contribution in [-0.4, -0.2) is 33.2 Å². The minimum absolute atomic E-state index is 0.132. The predicted molar refractivity (Wildman–Crippen MR) is 119 cm³/mol. The summed E-state index contributed by atoms with van der Waals surface area (Å²) in [4.78, 5) is 17.3. The molecule has 4 rings (SSSR count). The molecule has 2 aromatic carbocycles. The molecule has 0 spiro atoms. The largest absolute Gasteiger partial charge is 0.495 e. The van der Waals surface area contributed by atoms with Crippen LogP contribution in [0.15, 0.2) is 41.0 Å². The van der Waals surface area contributed by atoms with Crippen LogP contribution in [0, 0.1) is 0 Å². The molecule has 2 heterocycles. The van der Waals surface area contributed by atoms with Gasteiger partial charge in [-0.2, -0.15) is 0 Å². The molecule has 0 aliphatic carbocycles. The highest BCUT2D eigenvalue weighted by molar-refractivity contribution is 7.22. The van der Waals surface area contributed by atoms with E-state index in [4.69, 9.17) is 42.1 Å². The normalized spacial score (nSPS) is 14.8. The highest BCUT2D eigenvalue weighted by atomic mass is 35.5. The topological polar surface area (TPSA) is 66.3 Å². The van der Waals surface area contributed by atoms with Gasteiger partial charge in [0.25, 0.3) is 0 Å². The molecule has 0 saturated heterocycles. The summed E-state index contributed by atoms with van der Waals surface area (Å²) in [5, 5.41) is 1.59. The van der Waals surface area contributed by atoms with E-state index >= 15 is 0 Å². The molecule has 0 fully saturated rings. The van der Waals surface area contributed by atoms with Crippen LogP contribution in [-0.2, 0) is 9.53 Å². The van der Waals surface area contributed by atoms with Gasteiger partial charge in [-0.15, -0.1) is 11.3 Å². The number of thiophene rings is 1. The number of hydrogen-bond donors (Lipinski definition) is 0. The van der Waals surface area contributed by atoms with Crippen LogP contribution in [0.5, 0.6) is 17.2 Å². The second-order valence-corrected chi connectivity index (χ2v) is 7.93. The number of fused-ring (bicyclic) bond motifs is 1. The second kappa shape index (κ2) is 8.18. The molecule has 0 saturated carbocycles. The van der Waals surface area contributed by atoms with Crippen molar-refractivity contribution in [2.24, 2.45) is 4.99 Å². The fourth-order valence-electron chi connectivity index (χ4n) is 2.98. The third-order valence-electron chi connectivity index (χ3n) is 4.45. The lowest BCUT2D eigenvalue weighted by atomic mass is 10.1. The third kappa shape index (κ3) is 3.49. The van der Waals surface area contributed by atoms with Gasteiger partial charge in [0.15, 0.2) is 17.2 Å². The number of carbonyl (C=O) groups is 1. The van der Waals surface area contributed by atoms with E-state index in [-0.39, 0.29) is 11.6 Å². The zero-order valence-corrected chi connectivity index (χ0v) is 18.4. The van der Waals surface area contributed by atoms with E-state index in [1.54, 1.807) is 50.6 Å². The molecule has 0 bridgehead atoms. The Morgan fingerprint density at radius 3 is 2.37 bits per heavy atom. The van der Waals surface area contributed by atoms with Gasteiger partial charge in [-0.3, -0.25) is 0 Å². The first-order valence-electron chi connectivity index (χ1n) is 8.66. The van der Waals surface area contributed by atoms with Crippen LogP contribution in [0.3, 0.4) is 0 Å². The van der Waals surface area contributed by atoms with Gasteiger partial charge in [0.1, 0.15) is 15.6 Å². The number of carbonyl (C=O) groups excluding carboxylic acids is 1. The van der Waals surface area contributed by atoms with Crippen LogP contribution in [0.4, 0.5) is 0 Å². The Balaban J connectivity index is 1.75. The Labute approximate surface area is 186 Å². The fraction of sp³-hybridized carbons (Fsp3) is 0.143. The number of aliphatic imine (C=N–C) groups is 1. The van der Waals surface area contributed by atoms with Gasteiger partial charge in [0.2, 0.25) is 5.90 Å². The Morgan fingerprint density at radius 1 is 0.967 bits per heavy atom. The van der Waals surface area contributed by atoms with Crippen molar-refractivity contribution in [3.8, 4) is 17.2 Å². The van der Waals surface area contributed by atoms with Crippen LogP contribution >= 0.6 is 34.5 Å². The van der Waals surface area contributed by atoms with E-state index < -0.39 is 5.97 Å². The molecule has 30 heavy (non-hydrogen) atoms. The number of ether oxygens (including phenoxy) is 4. The molecule has 0 N–H and O–H groups in total. The molecule has 3 aromatic rings. The Hall–Kier alpha value is -2.74. The van der Waals surface area contributed by atoms with Gasteiger partial charge in [-0.1, -0.05) is 29.3 Å². The highest BCUT2D eigenvalue weighted by Crippen LogP contribution is 2.44. The van der Waals surface area contributed by atoms with E-state index in [9.17, 15) is 4.79 Å². The molecule has 1 aliphatic heterocycles. The summed E-state index contributed by atoms with van der Waals surface area (Å²) < 4.78 is 21.9. The van der Waals surface area contributed by atoms with Gasteiger partial charge in [-0.05, 0) is 35.9 Å². The van der Waals surface area contributed by atoms with E-state index in [0.29, 0.717) is 37.7 Å². The van der Waals surface area contributed by atoms with E-state index in [0.717, 1.165) is 10.1 Å². The van der Waals surface area contributed by atoms with E-state index in [1.807, 2.05) is 0 Å². The van der Waals surface area contributed by atoms with Crippen molar-refractivity contribution in [2.75, 3.05) is 21.3 Å². The molecule has 1 aliphatic rings. The first kappa shape index (κ1) is 20.5. The summed E-state index contributed by atoms with van der Waals surface area (Å²) in [5.74, 6) is 1.22. The average Bonchev–Trinajstić information content (AvgIpc) is 3.28. The average molecular weight is 464 g/mol. The van der Waals surface area contributed by atoms with E-state index in [1.165, 1.54) is 18.4 Å². The molecule has 6 nitrogen and oxygen atoms in total. The minimum atomic E-state index is -0.572. The van der Waals surface area contributed by atoms with Gasteiger partial charge in [-0.25, -0.2) is 9.79 Å². The molecule has 154 valence electrons. The van der Waals surface area contributed by atoms with E-state index in [2.05, 4.69) is 4.99 Å². The molecular formula is C21H15Cl2NO5S. The first-order chi connectivity index (χ1) is 14.5. The smallest absolute Gasteiger partial charge is 0.363 e. The monoisotopic (exact) mass is 463 g/mol. The van der Waals surface area contributed by atoms with Crippen molar-refractivity contribution in [2.45, 2.75) is 0 Å². The third-order valence-corrected chi connectivity index (χ3v) is 6.65. The zero-order chi connectivity index (χ0) is 21.4. The molecule has 0 amide bonds. The Kier molecular flexibility index (Phi) is 5.60. The molecule has 9 heteroatoms. The summed E-state index contributed by atoms with van der Waals surface area (Å²) in [5.41, 5.74) is 0.856. The maximum atomic E-state index is 12.4. The Bertz CT molecular complexity index is 1230. The lowest BCUT2D eigenvalue weighted by molar-refractivity contribution is -0.129. The quantitative estimate of drug-likeness (QED) is 0.365. The number of hydrogen-bond acceptors (Lipinski definition) is 7. The number of halogens is 2. The molecule has 0 atom stereocenters. The van der Waals surface area contributed by atoms with Crippen LogP contribution < -0.4 is 14.2 Å². The lowest BCUT2D eigenvalue weighted by Gasteiger charge is -2.07. The van der Waals surface area contributed by atoms with Crippen molar-refractivity contribution in [1.29, 1.82) is 0 Å². The number of esters is 1. The molecule has 1 aromatic heterocycles. The zero-order valence-electron chi connectivity index (χ0n) is 16.1. The highest BCUT2D eigenvalue weighted by Gasteiger charge is 2.29. The molecule has 0 radical (unpaired) electrons. The van der Waals surface area contributed by atoms with Gasteiger partial charge < -0.3 is 18.9 Å². The summed E-state index contributed by atoms with van der Waals surface area (Å²) in [6.07, 6.45) is 1.61. The van der Waals surface area contributed by atoms with Crippen LogP contribution in [0.2, 0.25) is 10.0 Å². The Morgan fingerprint density at radius 2 is 1.67 bits per heavy atom. The summed E-state index contributed by atoms with van der Waals surface area (Å²) in [6, 6.07) is 8.81. The second-order valence-electron chi connectivity index (χ2n) is 6.15. The van der Waals surface area contributed by atoms with Crippen LogP contribution in [0.1, 0.15) is 10.4 Å². The van der Waals surface area contributed by atoms with Crippen molar-refractivity contribution >= 4 is 62.6 Å². The van der Waals surface area contributed by atoms with Crippen molar-refractivity contribution in [1.82, 2.24) is 0 Å². The summed E-state index contributed by atoms with van der Waals surface area (Å²) >= 11 is 14.2. The van der Waals surface area contributed by atoms with Crippen molar-refractivity contribution in [3.05, 3.63) is 56.5 Å². The SMILES string of the molecule is COc1ccc(/C=C2\N=C(c3sc4c(Cl)c(OC)ccc4c3Cl)OC2=O)cc1OC. The lowest BCUT2D eigenvalue weighted by Crippen LogP contribution is -2.04. The number of rotatable bonds is 5. The van der Waals surface area contributed by atoms with Crippen molar-refractivity contribution in [3.63, 3.8) is 0 Å². The first-order valence-corrected chi connectivity index (χ1v) is 10.2. The van der Waals surface area contributed by atoms with Gasteiger partial charge >= 0.3 is 5.97 Å². The summed E-state index contributed by atoms with van der Waals surface area (Å²) in [6.45, 7) is 0. The number of methoxy groups -OCH3 is 3. The minimum Gasteiger partial charge on any atom is -0.495 e. The number of nitrogens with zero attached hydrogens (tertiary/aromatic N) is 1.